The Hall–Kier alpha value is -2.21. The van der Waals surface area contributed by atoms with Gasteiger partial charge in [0.25, 0.3) is 0 Å². The molecule has 0 saturated carbocycles. The van der Waals surface area contributed by atoms with Gasteiger partial charge in [-0.15, -0.1) is 0 Å². The highest BCUT2D eigenvalue weighted by Crippen LogP contribution is 2.21. The lowest BCUT2D eigenvalue weighted by Gasteiger charge is -2.22. The van der Waals surface area contributed by atoms with Crippen LogP contribution in [0.15, 0.2) is 54.6 Å². The highest BCUT2D eigenvalue weighted by atomic mass is 16.3. The Kier molecular flexibility index (Phi) is 15.8. The van der Waals surface area contributed by atoms with E-state index in [1.807, 2.05) is 48.5 Å². The van der Waals surface area contributed by atoms with E-state index in [4.69, 9.17) is 5.73 Å². The molecule has 5 N–H and O–H groups in total. The van der Waals surface area contributed by atoms with Crippen molar-refractivity contribution in [3.8, 4) is 5.75 Å². The lowest BCUT2D eigenvalue weighted by atomic mass is 9.86. The smallest absolute Gasteiger partial charge is 0.179 e. The predicted molar refractivity (Wildman–Crippen MR) is 149 cm³/mol. The van der Waals surface area contributed by atoms with E-state index in [1.54, 1.807) is 6.07 Å². The van der Waals surface area contributed by atoms with E-state index < -0.39 is 6.04 Å². The third-order valence-electron chi connectivity index (χ3n) is 7.09. The number of phenolic OH excluding ortho intramolecular Hbond substituents is 1. The second kappa shape index (κ2) is 19.0. The zero-order valence-corrected chi connectivity index (χ0v) is 22.0. The fraction of sp³-hybridized carbons (Fsp3) is 0.581. The number of benzene rings is 2. The van der Waals surface area contributed by atoms with E-state index in [1.165, 1.54) is 51.4 Å². The molecule has 2 aromatic rings. The molecular weight excluding hydrogens is 448 g/mol. The van der Waals surface area contributed by atoms with Gasteiger partial charge in [0.1, 0.15) is 5.75 Å². The van der Waals surface area contributed by atoms with Crippen molar-refractivity contribution in [2.75, 3.05) is 19.7 Å². The molecule has 2 unspecified atom stereocenters. The topological polar surface area (TPSA) is 95.6 Å². The van der Waals surface area contributed by atoms with Crippen LogP contribution in [-0.4, -0.2) is 41.7 Å². The van der Waals surface area contributed by atoms with Crippen LogP contribution in [0.25, 0.3) is 0 Å². The van der Waals surface area contributed by atoms with Crippen molar-refractivity contribution in [3.63, 3.8) is 0 Å². The van der Waals surface area contributed by atoms with Crippen LogP contribution in [0.1, 0.15) is 93.0 Å². The summed E-state index contributed by atoms with van der Waals surface area (Å²) in [6.07, 6.45) is 14.6. The van der Waals surface area contributed by atoms with Crippen LogP contribution in [0.5, 0.6) is 5.75 Å². The number of aryl methyl sites for hydroxylation is 1. The standard InChI is InChI=1S/C31H48N2O3/c32-30(31(36)28-18-10-8-11-19-28)27(22-25-34)17-9-6-4-2-1-3-5-7-14-23-33-24-15-20-26-16-12-13-21-29(26)35/h8,10-13,16,18-19,21,27,30,33-35H,1-7,9,14-15,17,20,22-25,32H2. The molecule has 200 valence electrons. The molecule has 0 saturated heterocycles. The predicted octanol–water partition coefficient (Wildman–Crippen LogP) is 6.02. The fourth-order valence-corrected chi connectivity index (χ4v) is 4.82. The molecule has 0 fully saturated rings. The molecule has 0 heterocycles. The summed E-state index contributed by atoms with van der Waals surface area (Å²) in [6, 6.07) is 16.3. The molecule has 5 heteroatoms. The molecule has 0 radical (unpaired) electrons. The number of nitrogens with one attached hydrogen (secondary N) is 1. The summed E-state index contributed by atoms with van der Waals surface area (Å²) in [6.45, 7) is 2.15. The number of unbranched alkanes of at least 4 members (excludes halogenated alkanes) is 8. The Morgan fingerprint density at radius 2 is 1.33 bits per heavy atom. The van der Waals surface area contributed by atoms with Crippen molar-refractivity contribution in [2.24, 2.45) is 11.7 Å². The Morgan fingerprint density at radius 3 is 2.00 bits per heavy atom. The second-order valence-electron chi connectivity index (χ2n) is 9.98. The number of hydrogen-bond acceptors (Lipinski definition) is 5. The minimum absolute atomic E-state index is 0.0169. The van der Waals surface area contributed by atoms with Crippen LogP contribution in [-0.2, 0) is 6.42 Å². The number of para-hydroxylation sites is 1. The highest BCUT2D eigenvalue weighted by Gasteiger charge is 2.24. The molecule has 5 nitrogen and oxygen atoms in total. The summed E-state index contributed by atoms with van der Waals surface area (Å²) in [5.41, 5.74) is 7.98. The number of carbonyl (C=O) groups is 1. The SMILES string of the molecule is NC(C(=O)c1ccccc1)C(CCO)CCCCCCCCCCCNCCCc1ccccc1O. The lowest BCUT2D eigenvalue weighted by molar-refractivity contribution is 0.0915. The number of aliphatic hydroxyl groups is 1. The maximum absolute atomic E-state index is 12.7. The first-order valence-corrected chi connectivity index (χ1v) is 14.1. The maximum Gasteiger partial charge on any atom is 0.179 e. The van der Waals surface area contributed by atoms with Crippen molar-refractivity contribution < 1.29 is 15.0 Å². The number of aromatic hydroxyl groups is 1. The molecule has 0 aliphatic carbocycles. The van der Waals surface area contributed by atoms with Gasteiger partial charge < -0.3 is 21.3 Å². The van der Waals surface area contributed by atoms with Gasteiger partial charge in [-0.05, 0) is 62.7 Å². The van der Waals surface area contributed by atoms with Crippen LogP contribution in [0.2, 0.25) is 0 Å². The average Bonchev–Trinajstić information content (AvgIpc) is 2.90. The van der Waals surface area contributed by atoms with E-state index in [0.717, 1.165) is 44.3 Å². The monoisotopic (exact) mass is 496 g/mol. The molecule has 0 spiro atoms. The lowest BCUT2D eigenvalue weighted by Crippen LogP contribution is -2.38. The molecule has 0 amide bonds. The van der Waals surface area contributed by atoms with Gasteiger partial charge in [-0.2, -0.15) is 0 Å². The number of hydrogen-bond donors (Lipinski definition) is 4. The Bertz CT molecular complexity index is 828. The minimum Gasteiger partial charge on any atom is -0.508 e. The molecule has 36 heavy (non-hydrogen) atoms. The molecule has 0 aromatic heterocycles. The van der Waals surface area contributed by atoms with E-state index in [0.29, 0.717) is 17.7 Å². The number of carbonyl (C=O) groups excluding carboxylic acids is 1. The second-order valence-corrected chi connectivity index (χ2v) is 9.98. The third-order valence-corrected chi connectivity index (χ3v) is 7.09. The zero-order chi connectivity index (χ0) is 25.8. The minimum atomic E-state index is -0.536. The molecule has 0 aliphatic heterocycles. The number of rotatable bonds is 21. The summed E-state index contributed by atoms with van der Waals surface area (Å²) in [5.74, 6) is 0.432. The van der Waals surface area contributed by atoms with E-state index >= 15 is 0 Å². The summed E-state index contributed by atoms with van der Waals surface area (Å²) in [7, 11) is 0. The van der Waals surface area contributed by atoms with Gasteiger partial charge in [-0.3, -0.25) is 4.79 Å². The van der Waals surface area contributed by atoms with Gasteiger partial charge in [-0.1, -0.05) is 99.9 Å². The summed E-state index contributed by atoms with van der Waals surface area (Å²) in [4.78, 5) is 12.7. The first-order valence-electron chi connectivity index (χ1n) is 14.1. The van der Waals surface area contributed by atoms with Crippen molar-refractivity contribution >= 4 is 5.78 Å². The summed E-state index contributed by atoms with van der Waals surface area (Å²) in [5, 5.41) is 22.7. The highest BCUT2D eigenvalue weighted by molar-refractivity contribution is 6.00. The summed E-state index contributed by atoms with van der Waals surface area (Å²) >= 11 is 0. The zero-order valence-electron chi connectivity index (χ0n) is 22.0. The van der Waals surface area contributed by atoms with Gasteiger partial charge in [0.15, 0.2) is 5.78 Å². The van der Waals surface area contributed by atoms with Crippen molar-refractivity contribution in [3.05, 3.63) is 65.7 Å². The number of phenols is 1. The van der Waals surface area contributed by atoms with Crippen LogP contribution in [0.4, 0.5) is 0 Å². The fourth-order valence-electron chi connectivity index (χ4n) is 4.82. The third kappa shape index (κ3) is 12.2. The van der Waals surface area contributed by atoms with Gasteiger partial charge in [-0.25, -0.2) is 0 Å². The average molecular weight is 497 g/mol. The van der Waals surface area contributed by atoms with Gasteiger partial charge in [0.05, 0.1) is 6.04 Å². The summed E-state index contributed by atoms with van der Waals surface area (Å²) < 4.78 is 0. The first-order chi connectivity index (χ1) is 17.6. The van der Waals surface area contributed by atoms with Crippen LogP contribution >= 0.6 is 0 Å². The number of nitrogens with two attached hydrogens (primary N) is 1. The van der Waals surface area contributed by atoms with E-state index in [9.17, 15) is 15.0 Å². The number of ketones is 1. The normalized spacial score (nSPS) is 12.9. The van der Waals surface area contributed by atoms with Crippen LogP contribution < -0.4 is 11.1 Å². The Balaban J connectivity index is 1.41. The largest absolute Gasteiger partial charge is 0.508 e. The number of Topliss-reactive ketones (excluding diaryl/α,β-unsaturated/α-hetero) is 1. The quantitative estimate of drug-likeness (QED) is 0.125. The Morgan fingerprint density at radius 1 is 0.750 bits per heavy atom. The van der Waals surface area contributed by atoms with Crippen LogP contribution in [0.3, 0.4) is 0 Å². The van der Waals surface area contributed by atoms with Crippen molar-refractivity contribution in [1.82, 2.24) is 5.32 Å². The number of aliphatic hydroxyl groups excluding tert-OH is 1. The van der Waals surface area contributed by atoms with Crippen molar-refractivity contribution in [2.45, 2.75) is 89.5 Å². The van der Waals surface area contributed by atoms with E-state index in [2.05, 4.69) is 5.32 Å². The van der Waals surface area contributed by atoms with E-state index in [-0.39, 0.29) is 18.3 Å². The van der Waals surface area contributed by atoms with Gasteiger partial charge in [0.2, 0.25) is 0 Å². The van der Waals surface area contributed by atoms with Crippen molar-refractivity contribution in [1.29, 1.82) is 0 Å². The van der Waals surface area contributed by atoms with Gasteiger partial charge >= 0.3 is 0 Å². The van der Waals surface area contributed by atoms with Gasteiger partial charge in [0, 0.05) is 12.2 Å². The van der Waals surface area contributed by atoms with Crippen LogP contribution in [0, 0.1) is 5.92 Å². The Labute approximate surface area is 218 Å². The molecule has 0 aliphatic rings. The molecular formula is C31H48N2O3. The first kappa shape index (κ1) is 30.0. The maximum atomic E-state index is 12.7. The molecule has 0 bridgehead atoms. The molecule has 2 atom stereocenters. The molecule has 2 aromatic carbocycles. The molecule has 2 rings (SSSR count).